The molecule has 0 aliphatic rings. The summed E-state index contributed by atoms with van der Waals surface area (Å²) in [6, 6.07) is 0. The highest BCUT2D eigenvalue weighted by Gasteiger charge is 2.15. The first-order valence-corrected chi connectivity index (χ1v) is 6.35. The van der Waals surface area contributed by atoms with Gasteiger partial charge in [0.05, 0.1) is 32.9 Å². The summed E-state index contributed by atoms with van der Waals surface area (Å²) in [5.74, 6) is -0.391. The molecule has 1 rings (SSSR count). The lowest BCUT2D eigenvalue weighted by Crippen LogP contribution is -2.36. The summed E-state index contributed by atoms with van der Waals surface area (Å²) in [5, 5.41) is 7.47. The molecule has 0 unspecified atom stereocenters. The maximum atomic E-state index is 12.1. The summed E-state index contributed by atoms with van der Waals surface area (Å²) in [4.78, 5) is 24.8. The predicted octanol–water partition coefficient (Wildman–Crippen LogP) is -0.294. The molecule has 0 atom stereocenters. The van der Waals surface area contributed by atoms with Crippen molar-refractivity contribution in [3.8, 4) is 0 Å². The average molecular weight is 284 g/mol. The Morgan fingerprint density at radius 1 is 1.25 bits per heavy atom. The molecule has 0 spiro atoms. The minimum absolute atomic E-state index is 0.0542. The van der Waals surface area contributed by atoms with Crippen molar-refractivity contribution in [2.75, 3.05) is 33.9 Å². The van der Waals surface area contributed by atoms with Gasteiger partial charge in [0, 0.05) is 32.8 Å². The van der Waals surface area contributed by atoms with Gasteiger partial charge in [0.2, 0.25) is 5.91 Å². The van der Waals surface area contributed by atoms with Crippen molar-refractivity contribution < 1.29 is 19.1 Å². The molecule has 20 heavy (non-hydrogen) atoms. The van der Waals surface area contributed by atoms with Gasteiger partial charge in [-0.15, -0.1) is 5.10 Å². The topological polar surface area (TPSA) is 86.5 Å². The molecular formula is C12H20N4O4. The molecule has 8 heteroatoms. The number of hydrogen-bond acceptors (Lipinski definition) is 6. The number of hydrogen-bond donors (Lipinski definition) is 0. The van der Waals surface area contributed by atoms with Crippen molar-refractivity contribution in [2.24, 2.45) is 0 Å². The van der Waals surface area contributed by atoms with Crippen molar-refractivity contribution in [1.82, 2.24) is 19.9 Å². The Hall–Kier alpha value is -1.96. The molecule has 0 aliphatic carbocycles. The molecule has 0 fully saturated rings. The summed E-state index contributed by atoms with van der Waals surface area (Å²) >= 11 is 0. The van der Waals surface area contributed by atoms with E-state index in [0.29, 0.717) is 32.7 Å². The monoisotopic (exact) mass is 284 g/mol. The molecule has 0 bridgehead atoms. The molecule has 0 saturated heterocycles. The molecule has 0 saturated carbocycles. The second-order valence-corrected chi connectivity index (χ2v) is 4.12. The Morgan fingerprint density at radius 3 is 2.65 bits per heavy atom. The molecule has 0 N–H and O–H groups in total. The van der Waals surface area contributed by atoms with E-state index in [2.05, 4.69) is 15.0 Å². The summed E-state index contributed by atoms with van der Waals surface area (Å²) in [6.45, 7) is 1.66. The minimum atomic E-state index is -0.337. The first-order valence-electron chi connectivity index (χ1n) is 6.35. The highest BCUT2D eigenvalue weighted by Crippen LogP contribution is 2.00. The van der Waals surface area contributed by atoms with Crippen molar-refractivity contribution in [1.29, 1.82) is 0 Å². The number of rotatable bonds is 9. The van der Waals surface area contributed by atoms with E-state index >= 15 is 0 Å². The van der Waals surface area contributed by atoms with E-state index in [9.17, 15) is 9.59 Å². The fraction of sp³-hybridized carbons (Fsp3) is 0.667. The molecule has 0 aromatic carbocycles. The van der Waals surface area contributed by atoms with Gasteiger partial charge in [-0.1, -0.05) is 5.21 Å². The number of aromatic nitrogens is 3. The van der Waals surface area contributed by atoms with E-state index in [1.165, 1.54) is 7.11 Å². The van der Waals surface area contributed by atoms with Gasteiger partial charge in [-0.2, -0.15) is 0 Å². The highest BCUT2D eigenvalue weighted by atomic mass is 16.5. The molecule has 0 aliphatic heterocycles. The molecule has 1 amide bonds. The Morgan fingerprint density at radius 2 is 2.05 bits per heavy atom. The normalized spacial score (nSPS) is 10.3. The van der Waals surface area contributed by atoms with Crippen LogP contribution in [0.25, 0.3) is 0 Å². The number of nitrogens with zero attached hydrogens (tertiary/aromatic N) is 4. The Bertz CT molecular complexity index is 408. The summed E-state index contributed by atoms with van der Waals surface area (Å²) in [6.07, 6.45) is 3.73. The molecule has 0 radical (unpaired) electrons. The number of methoxy groups -OCH3 is 2. The maximum Gasteiger partial charge on any atom is 0.307 e. The van der Waals surface area contributed by atoms with E-state index in [-0.39, 0.29) is 18.3 Å². The van der Waals surface area contributed by atoms with E-state index in [1.54, 1.807) is 29.1 Å². The zero-order chi connectivity index (χ0) is 14.8. The molecule has 1 aromatic heterocycles. The van der Waals surface area contributed by atoms with E-state index in [0.717, 1.165) is 0 Å². The van der Waals surface area contributed by atoms with Gasteiger partial charge in [-0.25, -0.2) is 0 Å². The van der Waals surface area contributed by atoms with Crippen molar-refractivity contribution in [2.45, 2.75) is 19.4 Å². The lowest BCUT2D eigenvalue weighted by molar-refractivity contribution is -0.142. The fourth-order valence-corrected chi connectivity index (χ4v) is 1.61. The Balaban J connectivity index is 2.43. The number of amides is 1. The molecule has 8 nitrogen and oxygen atoms in total. The SMILES string of the molecule is COCCN(CCC(=O)OC)C(=O)CCn1ccnn1. The minimum Gasteiger partial charge on any atom is -0.469 e. The van der Waals surface area contributed by atoms with Crippen molar-refractivity contribution in [3.05, 3.63) is 12.4 Å². The largest absolute Gasteiger partial charge is 0.469 e. The maximum absolute atomic E-state index is 12.1. The standard InChI is InChI=1S/C12H20N4O4/c1-19-10-9-15(6-4-12(18)20-2)11(17)3-7-16-8-5-13-14-16/h5,8H,3-4,6-7,9-10H2,1-2H3. The van der Waals surface area contributed by atoms with Crippen LogP contribution in [0.4, 0.5) is 0 Å². The highest BCUT2D eigenvalue weighted by molar-refractivity contribution is 5.77. The van der Waals surface area contributed by atoms with Crippen LogP contribution in [0.3, 0.4) is 0 Å². The first kappa shape index (κ1) is 16.1. The van der Waals surface area contributed by atoms with Gasteiger partial charge in [-0.3, -0.25) is 14.3 Å². The van der Waals surface area contributed by atoms with Crippen LogP contribution in [0.5, 0.6) is 0 Å². The van der Waals surface area contributed by atoms with Gasteiger partial charge in [0.15, 0.2) is 0 Å². The molecular weight excluding hydrogens is 264 g/mol. The van der Waals surface area contributed by atoms with Crippen LogP contribution in [0.15, 0.2) is 12.4 Å². The third kappa shape index (κ3) is 5.79. The second kappa shape index (κ2) is 9.03. The Labute approximate surface area is 117 Å². The number of aryl methyl sites for hydroxylation is 1. The zero-order valence-corrected chi connectivity index (χ0v) is 11.8. The quantitative estimate of drug-likeness (QED) is 0.579. The number of ether oxygens (including phenoxy) is 2. The van der Waals surface area contributed by atoms with Crippen molar-refractivity contribution >= 4 is 11.9 Å². The lowest BCUT2D eigenvalue weighted by atomic mass is 10.3. The molecule has 112 valence electrons. The van der Waals surface area contributed by atoms with E-state index in [1.807, 2.05) is 0 Å². The third-order valence-electron chi connectivity index (χ3n) is 2.76. The van der Waals surface area contributed by atoms with Crippen LogP contribution in [0.1, 0.15) is 12.8 Å². The van der Waals surface area contributed by atoms with Crippen LogP contribution in [0, 0.1) is 0 Å². The third-order valence-corrected chi connectivity index (χ3v) is 2.76. The zero-order valence-electron chi connectivity index (χ0n) is 11.8. The van der Waals surface area contributed by atoms with Gasteiger partial charge >= 0.3 is 5.97 Å². The summed E-state index contributed by atoms with van der Waals surface area (Å²) in [7, 11) is 2.90. The van der Waals surface area contributed by atoms with Crippen LogP contribution in [0.2, 0.25) is 0 Å². The molecule has 1 aromatic rings. The summed E-state index contributed by atoms with van der Waals surface area (Å²) in [5.41, 5.74) is 0. The fourth-order valence-electron chi connectivity index (χ4n) is 1.61. The van der Waals surface area contributed by atoms with Crippen LogP contribution in [-0.2, 0) is 25.6 Å². The van der Waals surface area contributed by atoms with Crippen LogP contribution < -0.4 is 0 Å². The van der Waals surface area contributed by atoms with E-state index in [4.69, 9.17) is 4.74 Å². The predicted molar refractivity (Wildman–Crippen MR) is 69.7 cm³/mol. The van der Waals surface area contributed by atoms with Crippen LogP contribution in [-0.4, -0.2) is 65.7 Å². The average Bonchev–Trinajstić information content (AvgIpc) is 2.97. The van der Waals surface area contributed by atoms with Gasteiger partial charge in [-0.05, 0) is 0 Å². The number of carbonyl (C=O) groups is 2. The van der Waals surface area contributed by atoms with E-state index < -0.39 is 0 Å². The molecule has 1 heterocycles. The second-order valence-electron chi connectivity index (χ2n) is 4.12. The van der Waals surface area contributed by atoms with Gasteiger partial charge in [0.1, 0.15) is 0 Å². The smallest absolute Gasteiger partial charge is 0.307 e. The number of carbonyl (C=O) groups excluding carboxylic acids is 2. The van der Waals surface area contributed by atoms with Gasteiger partial charge < -0.3 is 14.4 Å². The Kier molecular flexibility index (Phi) is 7.26. The summed E-state index contributed by atoms with van der Waals surface area (Å²) < 4.78 is 11.1. The number of esters is 1. The van der Waals surface area contributed by atoms with Crippen molar-refractivity contribution in [3.63, 3.8) is 0 Å². The first-order chi connectivity index (χ1) is 9.67. The lowest BCUT2D eigenvalue weighted by Gasteiger charge is -2.21. The van der Waals surface area contributed by atoms with Crippen LogP contribution >= 0.6 is 0 Å². The van der Waals surface area contributed by atoms with Gasteiger partial charge in [0.25, 0.3) is 0 Å².